The second-order valence-corrected chi connectivity index (χ2v) is 2.95. The second kappa shape index (κ2) is 4.36. The molecule has 0 saturated heterocycles. The van der Waals surface area contributed by atoms with E-state index in [-0.39, 0.29) is 5.69 Å². The van der Waals surface area contributed by atoms with Crippen LogP contribution in [0.3, 0.4) is 0 Å². The van der Waals surface area contributed by atoms with E-state index in [9.17, 15) is 22.8 Å². The van der Waals surface area contributed by atoms with Crippen LogP contribution in [0.5, 0.6) is 0 Å². The first-order valence-electron chi connectivity index (χ1n) is 4.17. The van der Waals surface area contributed by atoms with Crippen molar-refractivity contribution in [3.63, 3.8) is 0 Å². The summed E-state index contributed by atoms with van der Waals surface area (Å²) in [6.07, 6.45) is -4.30. The molecule has 0 saturated carbocycles. The molecule has 0 fully saturated rings. The molecule has 17 heavy (non-hydrogen) atoms. The van der Waals surface area contributed by atoms with Crippen LogP contribution in [0.25, 0.3) is 0 Å². The molecule has 0 spiro atoms. The maximum atomic E-state index is 11.9. The number of carbonyl (C=O) groups excluding carboxylic acids is 1. The van der Waals surface area contributed by atoms with Crippen LogP contribution in [0.2, 0.25) is 0 Å². The van der Waals surface area contributed by atoms with Crippen LogP contribution >= 0.6 is 0 Å². The molecule has 92 valence electrons. The first-order valence-corrected chi connectivity index (χ1v) is 4.17. The van der Waals surface area contributed by atoms with E-state index in [0.717, 1.165) is 6.20 Å². The van der Waals surface area contributed by atoms with Crippen molar-refractivity contribution in [3.8, 4) is 0 Å². The van der Waals surface area contributed by atoms with Gasteiger partial charge in [-0.1, -0.05) is 0 Å². The molecular formula is C8H6F3N3O3. The lowest BCUT2D eigenvalue weighted by Crippen LogP contribution is -2.30. The summed E-state index contributed by atoms with van der Waals surface area (Å²) in [7, 11) is 0. The van der Waals surface area contributed by atoms with Gasteiger partial charge in [-0.25, -0.2) is 14.8 Å². The highest BCUT2D eigenvalue weighted by molar-refractivity contribution is 5.94. The quantitative estimate of drug-likeness (QED) is 0.815. The summed E-state index contributed by atoms with van der Waals surface area (Å²) in [5.74, 6) is -4.02. The number of nitrogens with one attached hydrogen (secondary N) is 1. The Balaban J connectivity index is 2.92. The molecule has 0 aliphatic carbocycles. The minimum atomic E-state index is -5.04. The number of rotatable bonds is 2. The largest absolute Gasteiger partial charge is 0.476 e. The van der Waals surface area contributed by atoms with Crippen molar-refractivity contribution in [2.45, 2.75) is 13.1 Å². The molecule has 9 heteroatoms. The van der Waals surface area contributed by atoms with Crippen molar-refractivity contribution < 1.29 is 27.9 Å². The van der Waals surface area contributed by atoms with Gasteiger partial charge in [-0.05, 0) is 6.92 Å². The molecule has 0 radical (unpaired) electrons. The van der Waals surface area contributed by atoms with Gasteiger partial charge < -0.3 is 10.4 Å². The van der Waals surface area contributed by atoms with E-state index in [4.69, 9.17) is 5.11 Å². The third-order valence-electron chi connectivity index (χ3n) is 1.65. The molecule has 1 aromatic heterocycles. The molecular weight excluding hydrogens is 243 g/mol. The zero-order valence-corrected chi connectivity index (χ0v) is 8.37. The number of hydrogen-bond donors (Lipinski definition) is 2. The Morgan fingerprint density at radius 2 is 2.00 bits per heavy atom. The van der Waals surface area contributed by atoms with Gasteiger partial charge in [0.15, 0.2) is 11.5 Å². The van der Waals surface area contributed by atoms with Crippen molar-refractivity contribution in [1.29, 1.82) is 0 Å². The lowest BCUT2D eigenvalue weighted by molar-refractivity contribution is -0.167. The van der Waals surface area contributed by atoms with Crippen molar-refractivity contribution in [1.82, 2.24) is 9.97 Å². The molecule has 0 atom stereocenters. The molecule has 1 rings (SSSR count). The van der Waals surface area contributed by atoms with Gasteiger partial charge in [0.2, 0.25) is 0 Å². The molecule has 1 amide bonds. The Labute approximate surface area is 92.5 Å². The number of amides is 1. The number of aryl methyl sites for hydroxylation is 1. The molecule has 0 aromatic carbocycles. The van der Waals surface area contributed by atoms with Gasteiger partial charge in [-0.3, -0.25) is 4.79 Å². The van der Waals surface area contributed by atoms with Crippen LogP contribution in [-0.4, -0.2) is 33.1 Å². The molecule has 1 heterocycles. The summed E-state index contributed by atoms with van der Waals surface area (Å²) in [6, 6.07) is 0. The predicted molar refractivity (Wildman–Crippen MR) is 48.4 cm³/mol. The molecule has 1 aromatic rings. The average molecular weight is 249 g/mol. The number of carboxylic acids is 1. The molecule has 0 aliphatic heterocycles. The van der Waals surface area contributed by atoms with E-state index < -0.39 is 29.6 Å². The zero-order chi connectivity index (χ0) is 13.2. The molecule has 0 bridgehead atoms. The normalized spacial score (nSPS) is 11.1. The molecule has 0 aliphatic rings. The summed E-state index contributed by atoms with van der Waals surface area (Å²) in [5.41, 5.74) is -0.493. The van der Waals surface area contributed by atoms with Gasteiger partial charge in [0.05, 0.1) is 11.9 Å². The van der Waals surface area contributed by atoms with Gasteiger partial charge in [0.25, 0.3) is 0 Å². The number of anilines is 1. The smallest absolute Gasteiger partial charge is 0.471 e. The number of alkyl halides is 3. The van der Waals surface area contributed by atoms with Crippen LogP contribution in [0, 0.1) is 6.92 Å². The summed E-state index contributed by atoms with van der Waals surface area (Å²) in [4.78, 5) is 27.9. The van der Waals surface area contributed by atoms with E-state index in [0.29, 0.717) is 0 Å². The molecule has 0 unspecified atom stereocenters. The molecule has 6 nitrogen and oxygen atoms in total. The minimum Gasteiger partial charge on any atom is -0.476 e. The third-order valence-corrected chi connectivity index (χ3v) is 1.65. The Hall–Kier alpha value is -2.19. The minimum absolute atomic E-state index is 0.0996. The van der Waals surface area contributed by atoms with Gasteiger partial charge in [0, 0.05) is 0 Å². The average Bonchev–Trinajstić information content (AvgIpc) is 2.15. The Morgan fingerprint density at radius 3 is 2.41 bits per heavy atom. The van der Waals surface area contributed by atoms with Crippen LogP contribution in [0.1, 0.15) is 16.2 Å². The lowest BCUT2D eigenvalue weighted by atomic mass is 10.3. The number of carboxylic acid groups (broad SMARTS) is 1. The molecule has 2 N–H and O–H groups in total. The van der Waals surface area contributed by atoms with Gasteiger partial charge in [0.1, 0.15) is 0 Å². The number of hydrogen-bond acceptors (Lipinski definition) is 4. The van der Waals surface area contributed by atoms with E-state index in [1.807, 2.05) is 0 Å². The van der Waals surface area contributed by atoms with E-state index >= 15 is 0 Å². The maximum Gasteiger partial charge on any atom is 0.471 e. The Kier molecular flexibility index (Phi) is 3.30. The highest BCUT2D eigenvalue weighted by atomic mass is 19.4. The van der Waals surface area contributed by atoms with Gasteiger partial charge >= 0.3 is 18.1 Å². The van der Waals surface area contributed by atoms with E-state index in [2.05, 4.69) is 9.97 Å². The fourth-order valence-electron chi connectivity index (χ4n) is 0.939. The van der Waals surface area contributed by atoms with E-state index in [1.54, 1.807) is 0 Å². The van der Waals surface area contributed by atoms with Crippen LogP contribution < -0.4 is 5.32 Å². The summed E-state index contributed by atoms with van der Waals surface area (Å²) in [5, 5.41) is 10.1. The van der Waals surface area contributed by atoms with Crippen LogP contribution in [0.15, 0.2) is 6.20 Å². The first-order chi connectivity index (χ1) is 7.71. The SMILES string of the molecule is Cc1nc(NC(=O)C(F)(F)F)cnc1C(=O)O. The highest BCUT2D eigenvalue weighted by Crippen LogP contribution is 2.17. The summed E-state index contributed by atoms with van der Waals surface area (Å²) < 4.78 is 35.7. The maximum absolute atomic E-state index is 11.9. The topological polar surface area (TPSA) is 92.2 Å². The second-order valence-electron chi connectivity index (χ2n) is 2.95. The third kappa shape index (κ3) is 3.13. The van der Waals surface area contributed by atoms with Gasteiger partial charge in [-0.15, -0.1) is 0 Å². The highest BCUT2D eigenvalue weighted by Gasteiger charge is 2.39. The number of aromatic carboxylic acids is 1. The Bertz CT molecular complexity index is 473. The van der Waals surface area contributed by atoms with Crippen molar-refractivity contribution >= 4 is 17.7 Å². The number of aromatic nitrogens is 2. The Morgan fingerprint density at radius 1 is 1.41 bits per heavy atom. The van der Waals surface area contributed by atoms with E-state index in [1.165, 1.54) is 12.2 Å². The fraction of sp³-hybridized carbons (Fsp3) is 0.250. The summed E-state index contributed by atoms with van der Waals surface area (Å²) >= 11 is 0. The standard InChI is InChI=1S/C8H6F3N3O3/c1-3-5(6(15)16)12-2-4(13-3)14-7(17)8(9,10)11/h2H,1H3,(H,15,16)(H,13,14,17). The zero-order valence-electron chi connectivity index (χ0n) is 8.37. The number of nitrogens with zero attached hydrogens (tertiary/aromatic N) is 2. The predicted octanol–water partition coefficient (Wildman–Crippen LogP) is 0.984. The van der Waals surface area contributed by atoms with Crippen molar-refractivity contribution in [2.75, 3.05) is 5.32 Å². The number of carbonyl (C=O) groups is 2. The lowest BCUT2D eigenvalue weighted by Gasteiger charge is -2.07. The van der Waals surface area contributed by atoms with Crippen LogP contribution in [0.4, 0.5) is 19.0 Å². The van der Waals surface area contributed by atoms with Crippen LogP contribution in [-0.2, 0) is 4.79 Å². The van der Waals surface area contributed by atoms with Crippen molar-refractivity contribution in [3.05, 3.63) is 17.6 Å². The van der Waals surface area contributed by atoms with Gasteiger partial charge in [-0.2, -0.15) is 13.2 Å². The number of halogens is 3. The monoisotopic (exact) mass is 249 g/mol. The summed E-state index contributed by atoms with van der Waals surface area (Å²) in [6.45, 7) is 1.25. The first kappa shape index (κ1) is 12.9. The fourth-order valence-corrected chi connectivity index (χ4v) is 0.939. The van der Waals surface area contributed by atoms with Crippen molar-refractivity contribution in [2.24, 2.45) is 0 Å².